The van der Waals surface area contributed by atoms with E-state index < -0.39 is 0 Å². The molecule has 0 bridgehead atoms. The highest BCUT2D eigenvalue weighted by atomic mass is 15.2. The summed E-state index contributed by atoms with van der Waals surface area (Å²) in [6.45, 7) is 3.24. The second-order valence-electron chi connectivity index (χ2n) is 5.50. The van der Waals surface area contributed by atoms with Crippen molar-refractivity contribution in [1.82, 2.24) is 15.2 Å². The first-order chi connectivity index (χ1) is 9.38. The van der Waals surface area contributed by atoms with E-state index in [0.29, 0.717) is 17.8 Å². The van der Waals surface area contributed by atoms with E-state index in [0.717, 1.165) is 12.1 Å². The maximum atomic E-state index is 9.05. The van der Waals surface area contributed by atoms with Crippen molar-refractivity contribution in [1.29, 1.82) is 5.26 Å². The van der Waals surface area contributed by atoms with E-state index in [9.17, 15) is 0 Å². The molecule has 4 nitrogen and oxygen atoms in total. The maximum absolute atomic E-state index is 9.05. The second-order valence-corrected chi connectivity index (χ2v) is 5.50. The highest BCUT2D eigenvalue weighted by Gasteiger charge is 2.34. The van der Waals surface area contributed by atoms with Gasteiger partial charge in [0.1, 0.15) is 11.8 Å². The Hall–Kier alpha value is -1.44. The summed E-state index contributed by atoms with van der Waals surface area (Å²) in [6.07, 6.45) is 6.93. The molecule has 0 aromatic carbocycles. The van der Waals surface area contributed by atoms with Crippen molar-refractivity contribution in [2.24, 2.45) is 0 Å². The quantitative estimate of drug-likeness (QED) is 0.894. The lowest BCUT2D eigenvalue weighted by Crippen LogP contribution is -2.44. The molecule has 2 aliphatic rings. The third-order valence-corrected chi connectivity index (χ3v) is 4.41. The molecule has 3 heterocycles. The van der Waals surface area contributed by atoms with Crippen molar-refractivity contribution < 1.29 is 0 Å². The summed E-state index contributed by atoms with van der Waals surface area (Å²) in [4.78, 5) is 6.73. The van der Waals surface area contributed by atoms with Crippen molar-refractivity contribution in [3.63, 3.8) is 0 Å². The van der Waals surface area contributed by atoms with Gasteiger partial charge in [-0.05, 0) is 31.9 Å². The van der Waals surface area contributed by atoms with Crippen LogP contribution in [0.15, 0.2) is 18.3 Å². The zero-order valence-electron chi connectivity index (χ0n) is 11.2. The van der Waals surface area contributed by atoms with Gasteiger partial charge in [-0.15, -0.1) is 0 Å². The fourth-order valence-electron chi connectivity index (χ4n) is 3.41. The molecule has 1 aromatic heterocycles. The lowest BCUT2D eigenvalue weighted by molar-refractivity contribution is 0.180. The summed E-state index contributed by atoms with van der Waals surface area (Å²) in [5.74, 6) is 0. The first kappa shape index (κ1) is 12.6. The summed E-state index contributed by atoms with van der Waals surface area (Å²) >= 11 is 0. The van der Waals surface area contributed by atoms with Gasteiger partial charge in [0.15, 0.2) is 0 Å². The van der Waals surface area contributed by atoms with Crippen molar-refractivity contribution >= 4 is 0 Å². The molecule has 0 aliphatic carbocycles. The fourth-order valence-corrected chi connectivity index (χ4v) is 3.41. The molecule has 4 heteroatoms. The van der Waals surface area contributed by atoms with Gasteiger partial charge < -0.3 is 5.32 Å². The number of fused-ring (bicyclic) bond motifs is 1. The van der Waals surface area contributed by atoms with Crippen LogP contribution in [-0.2, 0) is 6.54 Å². The number of piperidine rings is 1. The van der Waals surface area contributed by atoms with Gasteiger partial charge in [-0.1, -0.05) is 12.5 Å². The molecule has 3 rings (SSSR count). The summed E-state index contributed by atoms with van der Waals surface area (Å²) in [6, 6.07) is 7.34. The van der Waals surface area contributed by atoms with Crippen LogP contribution >= 0.6 is 0 Å². The Morgan fingerprint density at radius 3 is 3.21 bits per heavy atom. The Morgan fingerprint density at radius 1 is 1.37 bits per heavy atom. The first-order valence-electron chi connectivity index (χ1n) is 7.20. The molecule has 1 N–H and O–H groups in total. The minimum absolute atomic E-state index is 0.550. The van der Waals surface area contributed by atoms with Crippen LogP contribution in [0.25, 0.3) is 0 Å². The molecule has 0 radical (unpaired) electrons. The first-order valence-corrected chi connectivity index (χ1v) is 7.20. The summed E-state index contributed by atoms with van der Waals surface area (Å²) in [5, 5.41) is 12.7. The smallest absolute Gasteiger partial charge is 0.144 e. The van der Waals surface area contributed by atoms with E-state index in [1.807, 2.05) is 12.1 Å². The van der Waals surface area contributed by atoms with Crippen LogP contribution in [0.4, 0.5) is 0 Å². The van der Waals surface area contributed by atoms with Gasteiger partial charge in [0.2, 0.25) is 0 Å². The topological polar surface area (TPSA) is 52.0 Å². The molecule has 2 unspecified atom stereocenters. The van der Waals surface area contributed by atoms with Crippen molar-refractivity contribution in [3.05, 3.63) is 29.6 Å². The van der Waals surface area contributed by atoms with Crippen molar-refractivity contribution in [2.45, 2.75) is 44.3 Å². The van der Waals surface area contributed by atoms with Gasteiger partial charge in [0.05, 0.1) is 0 Å². The molecular formula is C15H20N4. The van der Waals surface area contributed by atoms with Crippen LogP contribution in [0.5, 0.6) is 0 Å². The van der Waals surface area contributed by atoms with Gasteiger partial charge in [-0.25, -0.2) is 4.98 Å². The predicted molar refractivity (Wildman–Crippen MR) is 73.4 cm³/mol. The van der Waals surface area contributed by atoms with E-state index in [1.165, 1.54) is 38.8 Å². The molecule has 0 spiro atoms. The molecule has 2 saturated heterocycles. The van der Waals surface area contributed by atoms with Crippen LogP contribution in [-0.4, -0.2) is 35.1 Å². The average Bonchev–Trinajstić information content (AvgIpc) is 2.89. The summed E-state index contributed by atoms with van der Waals surface area (Å²) in [7, 11) is 0. The van der Waals surface area contributed by atoms with E-state index >= 15 is 0 Å². The number of rotatable bonds is 3. The van der Waals surface area contributed by atoms with E-state index in [4.69, 9.17) is 5.26 Å². The highest BCUT2D eigenvalue weighted by Crippen LogP contribution is 2.27. The molecule has 19 heavy (non-hydrogen) atoms. The number of nitriles is 1. The van der Waals surface area contributed by atoms with Crippen molar-refractivity contribution in [2.75, 3.05) is 13.1 Å². The predicted octanol–water partition coefficient (Wildman–Crippen LogP) is 1.67. The van der Waals surface area contributed by atoms with Gasteiger partial charge in [0, 0.05) is 36.9 Å². The summed E-state index contributed by atoms with van der Waals surface area (Å²) in [5.41, 5.74) is 1.56. The number of hydrogen-bond acceptors (Lipinski definition) is 4. The summed E-state index contributed by atoms with van der Waals surface area (Å²) < 4.78 is 0. The van der Waals surface area contributed by atoms with Gasteiger partial charge in [-0.2, -0.15) is 5.26 Å². The van der Waals surface area contributed by atoms with Crippen LogP contribution in [0.2, 0.25) is 0 Å². The van der Waals surface area contributed by atoms with Gasteiger partial charge in [-0.3, -0.25) is 4.90 Å². The molecule has 2 fully saturated rings. The third-order valence-electron chi connectivity index (χ3n) is 4.41. The standard InChI is InChI=1S/C15H20N4/c16-10-14-12(4-3-7-17-14)11-18-13-6-9-19-8-2-1-5-15(13)19/h3-4,7,13,15,18H,1-2,5-6,8-9,11H2. The monoisotopic (exact) mass is 256 g/mol. The van der Waals surface area contributed by atoms with Crippen LogP contribution in [0.3, 0.4) is 0 Å². The minimum atomic E-state index is 0.550. The SMILES string of the molecule is N#Cc1ncccc1CNC1CCN2CCCCC12. The molecule has 1 aromatic rings. The average molecular weight is 256 g/mol. The zero-order chi connectivity index (χ0) is 13.1. The Balaban J connectivity index is 1.62. The van der Waals surface area contributed by atoms with Crippen LogP contribution < -0.4 is 5.32 Å². The largest absolute Gasteiger partial charge is 0.308 e. The molecule has 2 atom stereocenters. The van der Waals surface area contributed by atoms with Gasteiger partial charge in [0.25, 0.3) is 0 Å². The minimum Gasteiger partial charge on any atom is -0.308 e. The lowest BCUT2D eigenvalue weighted by atomic mass is 9.99. The lowest BCUT2D eigenvalue weighted by Gasteiger charge is -2.32. The Labute approximate surface area is 114 Å². The molecular weight excluding hydrogens is 236 g/mol. The number of aromatic nitrogens is 1. The molecule has 0 amide bonds. The number of nitrogens with zero attached hydrogens (tertiary/aromatic N) is 3. The fraction of sp³-hybridized carbons (Fsp3) is 0.600. The maximum Gasteiger partial charge on any atom is 0.144 e. The highest BCUT2D eigenvalue weighted by molar-refractivity contribution is 5.30. The number of nitrogens with one attached hydrogen (secondary N) is 1. The van der Waals surface area contributed by atoms with E-state index in [1.54, 1.807) is 6.20 Å². The molecule has 0 saturated carbocycles. The third kappa shape index (κ3) is 2.63. The molecule has 2 aliphatic heterocycles. The Kier molecular flexibility index (Phi) is 3.77. The van der Waals surface area contributed by atoms with E-state index in [-0.39, 0.29) is 0 Å². The van der Waals surface area contributed by atoms with Gasteiger partial charge >= 0.3 is 0 Å². The normalized spacial score (nSPS) is 26.9. The van der Waals surface area contributed by atoms with Crippen LogP contribution in [0, 0.1) is 11.3 Å². The van der Waals surface area contributed by atoms with E-state index in [2.05, 4.69) is 21.3 Å². The Bertz CT molecular complexity index is 479. The second kappa shape index (κ2) is 5.68. The van der Waals surface area contributed by atoms with Crippen LogP contribution in [0.1, 0.15) is 36.9 Å². The number of hydrogen-bond donors (Lipinski definition) is 1. The Morgan fingerprint density at radius 2 is 2.32 bits per heavy atom. The van der Waals surface area contributed by atoms with Crippen molar-refractivity contribution in [3.8, 4) is 6.07 Å². The molecule has 100 valence electrons. The number of pyridine rings is 1. The zero-order valence-corrected chi connectivity index (χ0v) is 11.2.